The predicted molar refractivity (Wildman–Crippen MR) is 51.5 cm³/mol. The molecule has 0 aromatic carbocycles. The van der Waals surface area contributed by atoms with Crippen molar-refractivity contribution in [2.75, 3.05) is 0 Å². The average molecular weight is 183 g/mol. The molecule has 0 radical (unpaired) electrons. The first-order valence-corrected chi connectivity index (χ1v) is 5.23. The molecule has 0 fully saturated rings. The maximum Gasteiger partial charge on any atom is 0.104 e. The summed E-state index contributed by atoms with van der Waals surface area (Å²) in [4.78, 5) is 1.11. The molecule has 1 aliphatic heterocycles. The van der Waals surface area contributed by atoms with Crippen LogP contribution < -0.4 is 5.73 Å². The van der Waals surface area contributed by atoms with Crippen molar-refractivity contribution in [1.29, 1.82) is 0 Å². The van der Waals surface area contributed by atoms with Crippen molar-refractivity contribution in [2.24, 2.45) is 5.73 Å². The zero-order valence-electron chi connectivity index (χ0n) is 5.99. The van der Waals surface area contributed by atoms with Crippen LogP contribution in [-0.4, -0.2) is 0 Å². The van der Waals surface area contributed by atoms with E-state index in [-0.39, 0.29) is 4.87 Å². The van der Waals surface area contributed by atoms with Gasteiger partial charge in [0.15, 0.2) is 0 Å². The smallest absolute Gasteiger partial charge is 0.104 e. The lowest BCUT2D eigenvalue weighted by Gasteiger charge is -2.20. The first-order chi connectivity index (χ1) is 5.31. The minimum Gasteiger partial charge on any atom is -0.312 e. The molecule has 0 bridgehead atoms. The number of nitrogens with two attached hydrogens (primary N) is 1. The van der Waals surface area contributed by atoms with E-state index in [1.807, 2.05) is 6.07 Å². The molecule has 0 aliphatic carbocycles. The first kappa shape index (κ1) is 7.40. The van der Waals surface area contributed by atoms with E-state index in [0.29, 0.717) is 0 Å². The minimum absolute atomic E-state index is 0.159. The van der Waals surface area contributed by atoms with Crippen molar-refractivity contribution >= 4 is 23.1 Å². The quantitative estimate of drug-likeness (QED) is 0.724. The lowest BCUT2D eigenvalue weighted by atomic mass is 10.2. The van der Waals surface area contributed by atoms with Gasteiger partial charge >= 0.3 is 0 Å². The number of hydrogen-bond acceptors (Lipinski definition) is 3. The van der Waals surface area contributed by atoms with Gasteiger partial charge in [0, 0.05) is 4.88 Å². The highest BCUT2D eigenvalue weighted by Crippen LogP contribution is 2.42. The van der Waals surface area contributed by atoms with Gasteiger partial charge in [0.05, 0.1) is 0 Å². The molecule has 1 aliphatic rings. The largest absolute Gasteiger partial charge is 0.312 e. The van der Waals surface area contributed by atoms with Crippen LogP contribution in [0.2, 0.25) is 0 Å². The molecule has 1 nitrogen and oxygen atoms in total. The summed E-state index contributed by atoms with van der Waals surface area (Å²) in [6.07, 6.45) is 3.09. The lowest BCUT2D eigenvalue weighted by molar-refractivity contribution is 0.695. The summed E-state index contributed by atoms with van der Waals surface area (Å²) < 4.78 is 0. The van der Waals surface area contributed by atoms with Gasteiger partial charge in [-0.1, -0.05) is 12.1 Å². The van der Waals surface area contributed by atoms with Gasteiger partial charge < -0.3 is 5.73 Å². The summed E-state index contributed by atoms with van der Waals surface area (Å²) in [6, 6.07) is 4.15. The molecular weight excluding hydrogens is 174 g/mol. The average Bonchev–Trinajstić information content (AvgIpc) is 2.55. The van der Waals surface area contributed by atoms with Crippen LogP contribution in [0.5, 0.6) is 0 Å². The fourth-order valence-electron chi connectivity index (χ4n) is 1.12. The van der Waals surface area contributed by atoms with Gasteiger partial charge in [-0.15, -0.1) is 23.1 Å². The molecule has 2 rings (SSSR count). The molecule has 1 aromatic rings. The second-order valence-electron chi connectivity index (χ2n) is 2.56. The summed E-state index contributed by atoms with van der Waals surface area (Å²) in [5.41, 5.74) is 6.14. The lowest BCUT2D eigenvalue weighted by Crippen LogP contribution is -2.28. The van der Waals surface area contributed by atoms with Crippen molar-refractivity contribution in [3.05, 3.63) is 33.9 Å². The van der Waals surface area contributed by atoms with Gasteiger partial charge in [0.1, 0.15) is 4.87 Å². The van der Waals surface area contributed by atoms with Gasteiger partial charge in [-0.3, -0.25) is 0 Å². The maximum atomic E-state index is 6.14. The van der Waals surface area contributed by atoms with Crippen LogP contribution in [0.15, 0.2) is 29.0 Å². The molecule has 1 atom stereocenters. The van der Waals surface area contributed by atoms with E-state index in [0.717, 1.165) is 6.42 Å². The zero-order valence-corrected chi connectivity index (χ0v) is 7.62. The SMILES string of the molecule is NC1(c2cccs2)CC=CS1. The summed E-state index contributed by atoms with van der Waals surface area (Å²) >= 11 is 3.44. The molecule has 1 unspecified atom stereocenters. The molecule has 0 spiro atoms. The van der Waals surface area contributed by atoms with Crippen molar-refractivity contribution in [3.8, 4) is 0 Å². The number of thioether (sulfide) groups is 1. The molecule has 3 heteroatoms. The Labute approximate surface area is 74.3 Å². The van der Waals surface area contributed by atoms with E-state index in [1.165, 1.54) is 4.88 Å². The molecule has 2 N–H and O–H groups in total. The minimum atomic E-state index is -0.159. The Hall–Kier alpha value is -0.250. The van der Waals surface area contributed by atoms with Crippen LogP contribution in [0.25, 0.3) is 0 Å². The Morgan fingerprint density at radius 2 is 2.45 bits per heavy atom. The van der Waals surface area contributed by atoms with Crippen LogP contribution in [0, 0.1) is 0 Å². The second-order valence-corrected chi connectivity index (χ2v) is 4.74. The Morgan fingerprint density at radius 3 is 3.00 bits per heavy atom. The van der Waals surface area contributed by atoms with E-state index in [1.54, 1.807) is 23.1 Å². The second kappa shape index (κ2) is 2.66. The Kier molecular flexibility index (Phi) is 1.79. The first-order valence-electron chi connectivity index (χ1n) is 3.47. The third kappa shape index (κ3) is 1.24. The monoisotopic (exact) mass is 183 g/mol. The van der Waals surface area contributed by atoms with Crippen molar-refractivity contribution in [2.45, 2.75) is 11.3 Å². The van der Waals surface area contributed by atoms with Crippen LogP contribution in [0.4, 0.5) is 0 Å². The van der Waals surface area contributed by atoms with E-state index in [2.05, 4.69) is 22.9 Å². The Bertz CT molecular complexity index is 256. The summed E-state index contributed by atoms with van der Waals surface area (Å²) in [5.74, 6) is 0. The molecule has 0 amide bonds. The fourth-order valence-corrected chi connectivity index (χ4v) is 2.96. The van der Waals surface area contributed by atoms with E-state index >= 15 is 0 Å². The number of thiophene rings is 1. The van der Waals surface area contributed by atoms with Gasteiger partial charge in [0.2, 0.25) is 0 Å². The van der Waals surface area contributed by atoms with Crippen LogP contribution >= 0.6 is 23.1 Å². The van der Waals surface area contributed by atoms with Crippen molar-refractivity contribution in [3.63, 3.8) is 0 Å². The highest BCUT2D eigenvalue weighted by Gasteiger charge is 2.29. The number of rotatable bonds is 1. The third-order valence-electron chi connectivity index (χ3n) is 1.73. The van der Waals surface area contributed by atoms with Gasteiger partial charge in [0.25, 0.3) is 0 Å². The molecule has 1 aromatic heterocycles. The van der Waals surface area contributed by atoms with Gasteiger partial charge in [-0.2, -0.15) is 0 Å². The van der Waals surface area contributed by atoms with Gasteiger partial charge in [-0.25, -0.2) is 0 Å². The predicted octanol–water partition coefficient (Wildman–Crippen LogP) is 2.51. The van der Waals surface area contributed by atoms with Crippen molar-refractivity contribution < 1.29 is 0 Å². The summed E-state index contributed by atoms with van der Waals surface area (Å²) in [7, 11) is 0. The molecule has 58 valence electrons. The van der Waals surface area contributed by atoms with Gasteiger partial charge in [-0.05, 0) is 23.3 Å². The summed E-state index contributed by atoms with van der Waals surface area (Å²) in [5, 5.41) is 4.16. The number of hydrogen-bond donors (Lipinski definition) is 1. The molecular formula is C8H9NS2. The Balaban J connectivity index is 2.29. The topological polar surface area (TPSA) is 26.0 Å². The third-order valence-corrected chi connectivity index (χ3v) is 4.05. The van der Waals surface area contributed by atoms with Crippen molar-refractivity contribution in [1.82, 2.24) is 0 Å². The van der Waals surface area contributed by atoms with E-state index in [4.69, 9.17) is 5.73 Å². The highest BCUT2D eigenvalue weighted by molar-refractivity contribution is 8.03. The fraction of sp³-hybridized carbons (Fsp3) is 0.250. The molecule has 0 saturated heterocycles. The molecule has 2 heterocycles. The van der Waals surface area contributed by atoms with Crippen LogP contribution in [0.3, 0.4) is 0 Å². The zero-order chi connectivity index (χ0) is 7.73. The molecule has 0 saturated carbocycles. The van der Waals surface area contributed by atoms with Crippen LogP contribution in [0.1, 0.15) is 11.3 Å². The Morgan fingerprint density at radius 1 is 1.55 bits per heavy atom. The maximum absolute atomic E-state index is 6.14. The normalized spacial score (nSPS) is 29.5. The molecule has 11 heavy (non-hydrogen) atoms. The summed E-state index contributed by atoms with van der Waals surface area (Å²) in [6.45, 7) is 0. The highest BCUT2D eigenvalue weighted by atomic mass is 32.2. The van der Waals surface area contributed by atoms with Crippen LogP contribution in [-0.2, 0) is 4.87 Å². The van der Waals surface area contributed by atoms with E-state index < -0.39 is 0 Å². The van der Waals surface area contributed by atoms with E-state index in [9.17, 15) is 0 Å². The standard InChI is InChI=1S/C8H9NS2/c9-8(4-2-6-11-8)7-3-1-5-10-7/h1-3,5-6H,4,9H2.